The van der Waals surface area contributed by atoms with Gasteiger partial charge in [-0.1, -0.05) is 60.1 Å². The van der Waals surface area contributed by atoms with E-state index in [4.69, 9.17) is 34.5 Å². The Morgan fingerprint density at radius 2 is 1.15 bits per heavy atom. The summed E-state index contributed by atoms with van der Waals surface area (Å²) in [6, 6.07) is 10.9. The molecular formula is C54H69ClN12O13. The Bertz CT molecular complexity index is 2790. The number of carbonyl (C=O) groups is 9. The van der Waals surface area contributed by atoms with E-state index in [1.165, 1.54) is 72.8 Å². The van der Waals surface area contributed by atoms with Crippen molar-refractivity contribution in [2.75, 3.05) is 13.1 Å². The van der Waals surface area contributed by atoms with E-state index in [2.05, 4.69) is 42.5 Å². The maximum atomic E-state index is 14.7. The summed E-state index contributed by atoms with van der Waals surface area (Å²) in [5, 5.41) is 63.1. The number of unbranched alkanes of at least 4 members (excludes halogenated alkanes) is 1. The number of phenols is 2. The smallest absolute Gasteiger partial charge is 0.248 e. The minimum atomic E-state index is -1.90. The Morgan fingerprint density at radius 1 is 0.650 bits per heavy atom. The van der Waals surface area contributed by atoms with Crippen molar-refractivity contribution in [3.63, 3.8) is 0 Å². The van der Waals surface area contributed by atoms with E-state index in [1.807, 2.05) is 0 Å². The summed E-state index contributed by atoms with van der Waals surface area (Å²) in [5.74, 6) is -9.27. The molecule has 1 fully saturated rings. The SMILES string of the molecule is C[C@@H](O)[C@@H]1NC(=O)[C@H](CCCCN)NC(=O)[C@@H](Cc2ccc(C(N)=O)cc2)NC(=O)[C@H](Cc2ccc(O)cc2)NC(=O)[C@H](NC(O)[C@@H](N)Cc2ccc(Cl)cc2)CNC(=O)C[C@@H](C(=O)N[C@H](Cc2ccc(O)cc2)C(N)=O)NC1=O. The van der Waals surface area contributed by atoms with Crippen molar-refractivity contribution >= 4 is 64.8 Å². The molecule has 0 saturated carbocycles. The second kappa shape index (κ2) is 30.2. The van der Waals surface area contributed by atoms with Crippen molar-refractivity contribution in [2.24, 2.45) is 22.9 Å². The highest BCUT2D eigenvalue weighted by atomic mass is 35.5. The second-order valence-corrected chi connectivity index (χ2v) is 19.8. The number of aromatic hydroxyl groups is 2. The van der Waals surface area contributed by atoms with Gasteiger partial charge in [0.2, 0.25) is 53.2 Å². The van der Waals surface area contributed by atoms with Gasteiger partial charge in [0.1, 0.15) is 60.0 Å². The molecule has 1 saturated heterocycles. The molecule has 5 rings (SSSR count). The van der Waals surface area contributed by atoms with Gasteiger partial charge in [-0.3, -0.25) is 48.5 Å². The average Bonchev–Trinajstić information content (AvgIpc) is 3.43. The normalized spacial score (nSPS) is 21.4. The molecule has 20 N–H and O–H groups in total. The fraction of sp³-hybridized carbons (Fsp3) is 0.389. The molecule has 0 radical (unpaired) electrons. The van der Waals surface area contributed by atoms with Crippen LogP contribution in [0, 0.1) is 0 Å². The number of primary amides is 2. The van der Waals surface area contributed by atoms with Crippen LogP contribution in [0.4, 0.5) is 0 Å². The number of aliphatic hydroxyl groups is 2. The molecule has 0 bridgehead atoms. The number of amides is 9. The zero-order valence-electron chi connectivity index (χ0n) is 43.7. The highest BCUT2D eigenvalue weighted by molar-refractivity contribution is 6.30. The molecule has 1 aliphatic heterocycles. The number of hydrogen-bond donors (Lipinski definition) is 16. The van der Waals surface area contributed by atoms with Crippen LogP contribution in [0.5, 0.6) is 11.5 Å². The van der Waals surface area contributed by atoms with Crippen LogP contribution in [0.2, 0.25) is 5.02 Å². The maximum Gasteiger partial charge on any atom is 0.248 e. The minimum absolute atomic E-state index is 0.0456. The standard InChI is InChI=1S/C54H69ClN12O13/c1-28(68)45-54(80)65-42(52(78)62-39(47(59)73)23-31-9-17-35(69)18-10-31)26-44(71)60-27-43(66-48(74)37(57)22-29-7-15-34(55)16-8-29)53(79)64-41(25-32-11-19-36(70)20-12-32)51(77)63-40(24-30-5-13-33(14-6-30)46(58)72)50(76)61-38(49(75)67-45)4-2-3-21-56/h5-20,28,37-43,45,48,66,68-70,74H,2-4,21-27,56-57H2,1H3,(H2,58,72)(H2,59,73)(H,60,71)(H,61,76)(H,62,78)(H,63,77)(H,64,79)(H,65,80)(H,67,75)/t28-,37+,38+,39-,40-,41+,42+,43-,45+,48?/m1/s1. The van der Waals surface area contributed by atoms with E-state index < -0.39 is 127 Å². The average molecular weight is 1130 g/mol. The lowest BCUT2D eigenvalue weighted by Crippen LogP contribution is -2.63. The molecule has 1 unspecified atom stereocenters. The molecule has 0 aromatic heterocycles. The summed E-state index contributed by atoms with van der Waals surface area (Å²) >= 11 is 6.07. The monoisotopic (exact) mass is 1130 g/mol. The van der Waals surface area contributed by atoms with Gasteiger partial charge < -0.3 is 80.6 Å². The van der Waals surface area contributed by atoms with Crippen LogP contribution < -0.4 is 65.5 Å². The van der Waals surface area contributed by atoms with Crippen LogP contribution in [0.1, 0.15) is 65.2 Å². The first-order valence-corrected chi connectivity index (χ1v) is 26.0. The van der Waals surface area contributed by atoms with E-state index >= 15 is 0 Å². The largest absolute Gasteiger partial charge is 0.508 e. The van der Waals surface area contributed by atoms with Gasteiger partial charge in [0.15, 0.2) is 0 Å². The summed E-state index contributed by atoms with van der Waals surface area (Å²) in [6.45, 7) is 0.634. The van der Waals surface area contributed by atoms with Gasteiger partial charge in [0, 0.05) is 42.4 Å². The maximum absolute atomic E-state index is 14.7. The predicted octanol–water partition coefficient (Wildman–Crippen LogP) is -2.85. The van der Waals surface area contributed by atoms with Gasteiger partial charge in [-0.2, -0.15) is 0 Å². The van der Waals surface area contributed by atoms with E-state index in [0.29, 0.717) is 33.7 Å². The number of rotatable bonds is 20. The van der Waals surface area contributed by atoms with E-state index in [-0.39, 0.29) is 62.1 Å². The van der Waals surface area contributed by atoms with Gasteiger partial charge in [-0.15, -0.1) is 0 Å². The molecule has 1 heterocycles. The van der Waals surface area contributed by atoms with Crippen molar-refractivity contribution in [1.29, 1.82) is 0 Å². The third-order valence-corrected chi connectivity index (χ3v) is 13.3. The van der Waals surface area contributed by atoms with Gasteiger partial charge in [0.25, 0.3) is 0 Å². The molecule has 430 valence electrons. The Labute approximate surface area is 465 Å². The zero-order chi connectivity index (χ0) is 58.6. The number of halogens is 1. The molecular weight excluding hydrogens is 1060 g/mol. The number of phenolic OH excluding ortho intramolecular Hbond substituents is 2. The predicted molar refractivity (Wildman–Crippen MR) is 291 cm³/mol. The third kappa shape index (κ3) is 19.6. The Hall–Kier alpha value is -8.20. The number of nitrogens with two attached hydrogens (primary N) is 4. The summed E-state index contributed by atoms with van der Waals surface area (Å²) in [4.78, 5) is 125. The summed E-state index contributed by atoms with van der Waals surface area (Å²) in [6.07, 6.45) is -4.54. The lowest BCUT2D eigenvalue weighted by Gasteiger charge is -2.30. The number of hydrogen-bond acceptors (Lipinski definition) is 16. The molecule has 25 nitrogen and oxygen atoms in total. The topological polar surface area (TPSA) is 435 Å². The highest BCUT2D eigenvalue weighted by Crippen LogP contribution is 2.16. The van der Waals surface area contributed by atoms with Crippen molar-refractivity contribution in [1.82, 2.24) is 42.5 Å². The van der Waals surface area contributed by atoms with Gasteiger partial charge in [0.05, 0.1) is 12.5 Å². The molecule has 10 atom stereocenters. The van der Waals surface area contributed by atoms with Crippen molar-refractivity contribution < 1.29 is 63.6 Å². The minimum Gasteiger partial charge on any atom is -0.508 e. The van der Waals surface area contributed by atoms with E-state index in [9.17, 15) is 63.6 Å². The summed E-state index contributed by atoms with van der Waals surface area (Å²) in [7, 11) is 0. The van der Waals surface area contributed by atoms with E-state index in [0.717, 1.165) is 6.92 Å². The lowest BCUT2D eigenvalue weighted by molar-refractivity contribution is -0.137. The van der Waals surface area contributed by atoms with Crippen LogP contribution in [0.15, 0.2) is 97.1 Å². The van der Waals surface area contributed by atoms with E-state index in [1.54, 1.807) is 24.3 Å². The van der Waals surface area contributed by atoms with Crippen LogP contribution >= 0.6 is 11.6 Å². The number of carbonyl (C=O) groups excluding carboxylic acids is 9. The molecule has 4 aromatic carbocycles. The zero-order valence-corrected chi connectivity index (χ0v) is 44.5. The van der Waals surface area contributed by atoms with Crippen LogP contribution in [-0.2, 0) is 64.0 Å². The molecule has 0 aliphatic carbocycles. The summed E-state index contributed by atoms with van der Waals surface area (Å²) in [5.41, 5.74) is 25.4. The molecule has 26 heteroatoms. The first-order valence-electron chi connectivity index (χ1n) is 25.6. The molecule has 1 aliphatic rings. The highest BCUT2D eigenvalue weighted by Gasteiger charge is 2.37. The van der Waals surface area contributed by atoms with Crippen LogP contribution in [0.3, 0.4) is 0 Å². The first kappa shape index (κ1) is 62.6. The van der Waals surface area contributed by atoms with Crippen LogP contribution in [-0.4, -0.2) is 147 Å². The van der Waals surface area contributed by atoms with Gasteiger partial charge >= 0.3 is 0 Å². The number of benzene rings is 4. The van der Waals surface area contributed by atoms with Gasteiger partial charge in [-0.25, -0.2) is 0 Å². The van der Waals surface area contributed by atoms with Crippen molar-refractivity contribution in [3.05, 3.63) is 130 Å². The number of nitrogens with one attached hydrogen (secondary N) is 8. The molecule has 9 amide bonds. The third-order valence-electron chi connectivity index (χ3n) is 13.0. The fourth-order valence-corrected chi connectivity index (χ4v) is 8.56. The summed E-state index contributed by atoms with van der Waals surface area (Å²) < 4.78 is 0. The van der Waals surface area contributed by atoms with Crippen molar-refractivity contribution in [3.8, 4) is 11.5 Å². The molecule has 80 heavy (non-hydrogen) atoms. The quantitative estimate of drug-likeness (QED) is 0.0313. The fourth-order valence-electron chi connectivity index (χ4n) is 8.43. The molecule has 4 aromatic rings. The molecule has 0 spiro atoms. The first-order chi connectivity index (χ1) is 38.0. The Morgan fingerprint density at radius 3 is 1.69 bits per heavy atom. The Balaban J connectivity index is 1.60. The number of aliphatic hydroxyl groups excluding tert-OH is 2. The lowest BCUT2D eigenvalue weighted by atomic mass is 10.00. The van der Waals surface area contributed by atoms with Crippen LogP contribution in [0.25, 0.3) is 0 Å². The van der Waals surface area contributed by atoms with Gasteiger partial charge in [-0.05, 0) is 110 Å². The Kier molecular flexibility index (Phi) is 23.7. The second-order valence-electron chi connectivity index (χ2n) is 19.4. The van der Waals surface area contributed by atoms with Crippen molar-refractivity contribution in [2.45, 2.75) is 119 Å².